The van der Waals surface area contributed by atoms with Crippen LogP contribution in [0.2, 0.25) is 0 Å². The molecule has 0 radical (unpaired) electrons. The Morgan fingerprint density at radius 2 is 2.10 bits per heavy atom. The lowest BCUT2D eigenvalue weighted by Gasteiger charge is -2.23. The van der Waals surface area contributed by atoms with Gasteiger partial charge in [-0.05, 0) is 59.6 Å². The molecule has 1 aliphatic rings. The number of carbonyl (C=O) groups is 1. The number of benzene rings is 1. The number of para-hydroxylation sites is 2. The zero-order valence-corrected chi connectivity index (χ0v) is 19.4. The van der Waals surface area contributed by atoms with Gasteiger partial charge in [-0.15, -0.1) is 0 Å². The summed E-state index contributed by atoms with van der Waals surface area (Å²) in [5.74, 6) is 1.94. The van der Waals surface area contributed by atoms with Crippen molar-refractivity contribution in [2.24, 2.45) is 4.99 Å². The van der Waals surface area contributed by atoms with Crippen molar-refractivity contribution in [2.75, 3.05) is 26.2 Å². The van der Waals surface area contributed by atoms with Gasteiger partial charge in [0.15, 0.2) is 5.96 Å². The first kappa shape index (κ1) is 22.9. The third-order valence-electron chi connectivity index (χ3n) is 5.19. The molecule has 1 unspecified atom stereocenters. The predicted octanol–water partition coefficient (Wildman–Crippen LogP) is 3.30. The number of nitrogens with one attached hydrogen (secondary N) is 2. The van der Waals surface area contributed by atoms with E-state index in [0.717, 1.165) is 62.9 Å². The second-order valence-electron chi connectivity index (χ2n) is 8.97. The summed E-state index contributed by atoms with van der Waals surface area (Å²) in [4.78, 5) is 23.7. The molecule has 2 heterocycles. The number of imidazole rings is 1. The minimum atomic E-state index is -0.488. The Morgan fingerprint density at radius 1 is 1.32 bits per heavy atom. The number of aryl methyl sites for hydroxylation is 2. The highest BCUT2D eigenvalue weighted by molar-refractivity contribution is 5.80. The van der Waals surface area contributed by atoms with Gasteiger partial charge in [0, 0.05) is 32.7 Å². The smallest absolute Gasteiger partial charge is 0.407 e. The molecule has 8 heteroatoms. The van der Waals surface area contributed by atoms with E-state index in [2.05, 4.69) is 57.1 Å². The molecule has 170 valence electrons. The van der Waals surface area contributed by atoms with E-state index in [9.17, 15) is 4.79 Å². The number of aromatic nitrogens is 2. The van der Waals surface area contributed by atoms with E-state index < -0.39 is 5.60 Å². The van der Waals surface area contributed by atoms with Gasteiger partial charge in [-0.3, -0.25) is 4.99 Å². The number of carbonyl (C=O) groups excluding carboxylic acids is 1. The Morgan fingerprint density at radius 3 is 2.84 bits per heavy atom. The summed E-state index contributed by atoms with van der Waals surface area (Å²) in [6, 6.07) is 8.31. The molecule has 0 spiro atoms. The summed E-state index contributed by atoms with van der Waals surface area (Å²) in [6.07, 6.45) is 1.46. The average molecular weight is 429 g/mol. The van der Waals surface area contributed by atoms with Crippen LogP contribution in [0, 0.1) is 6.92 Å². The first-order valence-corrected chi connectivity index (χ1v) is 11.2. The van der Waals surface area contributed by atoms with Gasteiger partial charge >= 0.3 is 6.09 Å². The van der Waals surface area contributed by atoms with Crippen LogP contribution < -0.4 is 10.6 Å². The molecule has 2 aromatic rings. The van der Waals surface area contributed by atoms with Crippen LogP contribution in [0.25, 0.3) is 11.0 Å². The number of aliphatic imine (C=N–C) groups is 1. The van der Waals surface area contributed by atoms with Gasteiger partial charge in [0.1, 0.15) is 11.4 Å². The van der Waals surface area contributed by atoms with Gasteiger partial charge in [0.25, 0.3) is 0 Å². The highest BCUT2D eigenvalue weighted by Gasteiger charge is 2.27. The molecule has 0 aliphatic carbocycles. The van der Waals surface area contributed by atoms with E-state index in [1.165, 1.54) is 5.52 Å². The first-order chi connectivity index (χ1) is 14.8. The predicted molar refractivity (Wildman–Crippen MR) is 124 cm³/mol. The first-order valence-electron chi connectivity index (χ1n) is 11.2. The number of guanidine groups is 1. The molecule has 1 aromatic heterocycles. The van der Waals surface area contributed by atoms with Gasteiger partial charge in [0.05, 0.1) is 17.1 Å². The molecule has 31 heavy (non-hydrogen) atoms. The molecule has 1 aliphatic heterocycles. The molecule has 2 N–H and O–H groups in total. The Kier molecular flexibility index (Phi) is 7.41. The van der Waals surface area contributed by atoms with Crippen LogP contribution in [0.4, 0.5) is 4.79 Å². The van der Waals surface area contributed by atoms with Crippen LogP contribution in [0.1, 0.15) is 46.4 Å². The monoisotopic (exact) mass is 428 g/mol. The third kappa shape index (κ3) is 6.35. The molecular formula is C23H36N6O2. The van der Waals surface area contributed by atoms with Crippen molar-refractivity contribution in [2.45, 2.75) is 65.6 Å². The molecule has 8 nitrogen and oxygen atoms in total. The lowest BCUT2D eigenvalue weighted by molar-refractivity contribution is 0.0507. The molecular weight excluding hydrogens is 392 g/mol. The number of amides is 1. The number of likely N-dealkylation sites (tertiary alicyclic amines) is 1. The van der Waals surface area contributed by atoms with E-state index in [1.54, 1.807) is 0 Å². The Labute approximate surface area is 185 Å². The quantitative estimate of drug-likeness (QED) is 0.419. The van der Waals surface area contributed by atoms with Crippen molar-refractivity contribution in [1.82, 2.24) is 25.1 Å². The SMILES string of the molecule is CCNC(=NCCCn1c(C)nc2ccccc21)N1CCC(NC(=O)OC(C)(C)C)C1. The van der Waals surface area contributed by atoms with Gasteiger partial charge in [-0.25, -0.2) is 9.78 Å². The fourth-order valence-corrected chi connectivity index (χ4v) is 3.86. The number of nitrogens with zero attached hydrogens (tertiary/aromatic N) is 4. The van der Waals surface area contributed by atoms with Gasteiger partial charge in [0.2, 0.25) is 0 Å². The number of rotatable bonds is 6. The van der Waals surface area contributed by atoms with Crippen molar-refractivity contribution in [3.05, 3.63) is 30.1 Å². The molecule has 0 saturated carbocycles. The van der Waals surface area contributed by atoms with Crippen LogP contribution in [0.15, 0.2) is 29.3 Å². The van der Waals surface area contributed by atoms with Crippen LogP contribution in [0.5, 0.6) is 0 Å². The standard InChI is InChI=1S/C23H36N6O2/c1-6-24-21(28-15-12-18(16-28)27-22(30)31-23(3,4)5)25-13-9-14-29-17(2)26-19-10-7-8-11-20(19)29/h7-8,10-11,18H,6,9,12-16H2,1-5H3,(H,24,25)(H,27,30). The van der Waals surface area contributed by atoms with Gasteiger partial charge in [-0.2, -0.15) is 0 Å². The summed E-state index contributed by atoms with van der Waals surface area (Å²) in [6.45, 7) is 13.8. The van der Waals surface area contributed by atoms with Gasteiger partial charge in [-0.1, -0.05) is 12.1 Å². The van der Waals surface area contributed by atoms with Crippen molar-refractivity contribution in [3.63, 3.8) is 0 Å². The van der Waals surface area contributed by atoms with E-state index in [4.69, 9.17) is 9.73 Å². The highest BCUT2D eigenvalue weighted by atomic mass is 16.6. The molecule has 1 amide bonds. The topological polar surface area (TPSA) is 83.8 Å². The summed E-state index contributed by atoms with van der Waals surface area (Å²) >= 11 is 0. The van der Waals surface area contributed by atoms with Crippen LogP contribution in [0.3, 0.4) is 0 Å². The number of ether oxygens (including phenoxy) is 1. The molecule has 1 saturated heterocycles. The second kappa shape index (κ2) is 10.0. The Hall–Kier alpha value is -2.77. The van der Waals surface area contributed by atoms with Gasteiger partial charge < -0.3 is 24.8 Å². The maximum absolute atomic E-state index is 12.1. The number of alkyl carbamates (subject to hydrolysis) is 1. The van der Waals surface area contributed by atoms with Crippen molar-refractivity contribution >= 4 is 23.1 Å². The number of hydrogen-bond acceptors (Lipinski definition) is 4. The minimum absolute atomic E-state index is 0.0682. The van der Waals surface area contributed by atoms with Crippen LogP contribution in [-0.2, 0) is 11.3 Å². The maximum atomic E-state index is 12.1. The summed E-state index contributed by atoms with van der Waals surface area (Å²) in [7, 11) is 0. The lowest BCUT2D eigenvalue weighted by Crippen LogP contribution is -2.44. The van der Waals surface area contributed by atoms with Crippen molar-refractivity contribution in [3.8, 4) is 0 Å². The van der Waals surface area contributed by atoms with E-state index in [-0.39, 0.29) is 12.1 Å². The molecule has 1 fully saturated rings. The van der Waals surface area contributed by atoms with Crippen LogP contribution in [-0.4, -0.2) is 64.3 Å². The summed E-state index contributed by atoms with van der Waals surface area (Å²) in [5.41, 5.74) is 1.72. The zero-order chi connectivity index (χ0) is 22.4. The van der Waals surface area contributed by atoms with Crippen molar-refractivity contribution in [1.29, 1.82) is 0 Å². The van der Waals surface area contributed by atoms with E-state index in [1.807, 2.05) is 26.8 Å². The Balaban J connectivity index is 1.53. The molecule has 1 aromatic carbocycles. The number of fused-ring (bicyclic) bond motifs is 1. The largest absolute Gasteiger partial charge is 0.444 e. The van der Waals surface area contributed by atoms with E-state index >= 15 is 0 Å². The normalized spacial score (nSPS) is 17.3. The summed E-state index contributed by atoms with van der Waals surface area (Å²) < 4.78 is 7.63. The highest BCUT2D eigenvalue weighted by Crippen LogP contribution is 2.16. The number of hydrogen-bond donors (Lipinski definition) is 2. The second-order valence-corrected chi connectivity index (χ2v) is 8.97. The van der Waals surface area contributed by atoms with E-state index in [0.29, 0.717) is 0 Å². The van der Waals surface area contributed by atoms with Crippen LogP contribution >= 0.6 is 0 Å². The summed E-state index contributed by atoms with van der Waals surface area (Å²) in [5, 5.41) is 6.36. The fraction of sp³-hybridized carbons (Fsp3) is 0.609. The average Bonchev–Trinajstić information content (AvgIpc) is 3.26. The molecule has 1 atom stereocenters. The minimum Gasteiger partial charge on any atom is -0.444 e. The zero-order valence-electron chi connectivity index (χ0n) is 19.4. The molecule has 0 bridgehead atoms. The molecule has 3 rings (SSSR count). The lowest BCUT2D eigenvalue weighted by atomic mass is 10.2. The third-order valence-corrected chi connectivity index (χ3v) is 5.19. The Bertz CT molecular complexity index is 914. The maximum Gasteiger partial charge on any atom is 0.407 e. The fourth-order valence-electron chi connectivity index (χ4n) is 3.86. The van der Waals surface area contributed by atoms with Crippen molar-refractivity contribution < 1.29 is 9.53 Å².